The first-order valence-corrected chi connectivity index (χ1v) is 15.4. The summed E-state index contributed by atoms with van der Waals surface area (Å²) in [6.07, 6.45) is 0.0786. The predicted octanol–water partition coefficient (Wildman–Crippen LogP) is 3.67. The van der Waals surface area contributed by atoms with Gasteiger partial charge in [-0.1, -0.05) is 60.7 Å². The molecule has 2 aromatic carbocycles. The summed E-state index contributed by atoms with van der Waals surface area (Å²) in [5, 5.41) is 11.5. The molecule has 2 aliphatic heterocycles. The highest BCUT2D eigenvalue weighted by atomic mass is 16.6. The van der Waals surface area contributed by atoms with Gasteiger partial charge in [-0.15, -0.1) is 0 Å². The Morgan fingerprint density at radius 2 is 1.60 bits per heavy atom. The van der Waals surface area contributed by atoms with Crippen molar-refractivity contribution in [2.75, 3.05) is 26.2 Å². The highest BCUT2D eigenvalue weighted by Gasteiger charge is 2.54. The minimum absolute atomic E-state index is 0.111. The molecule has 2 aromatic rings. The van der Waals surface area contributed by atoms with Crippen LogP contribution in [0.4, 0.5) is 4.79 Å². The normalized spacial score (nSPS) is 19.0. The Bertz CT molecular complexity index is 1410. The zero-order valence-electron chi connectivity index (χ0n) is 27.1. The van der Waals surface area contributed by atoms with Crippen molar-refractivity contribution in [1.29, 1.82) is 0 Å². The summed E-state index contributed by atoms with van der Waals surface area (Å²) in [6, 6.07) is 18.1. The Morgan fingerprint density at radius 1 is 0.978 bits per heavy atom. The summed E-state index contributed by atoms with van der Waals surface area (Å²) < 4.78 is 11.3. The number of benzene rings is 2. The number of rotatable bonds is 11. The van der Waals surface area contributed by atoms with Gasteiger partial charge in [0.25, 0.3) is 5.91 Å². The van der Waals surface area contributed by atoms with Crippen molar-refractivity contribution in [2.24, 2.45) is 10.5 Å². The molecule has 45 heavy (non-hydrogen) atoms. The van der Waals surface area contributed by atoms with Gasteiger partial charge in [-0.3, -0.25) is 14.4 Å². The number of amides is 4. The molecule has 11 nitrogen and oxygen atoms in total. The monoisotopic (exact) mass is 619 g/mol. The lowest BCUT2D eigenvalue weighted by Gasteiger charge is -2.41. The molecule has 4 amide bonds. The summed E-state index contributed by atoms with van der Waals surface area (Å²) in [5.74, 6) is -1.09. The van der Waals surface area contributed by atoms with E-state index in [-0.39, 0.29) is 31.6 Å². The highest BCUT2D eigenvalue weighted by Crippen LogP contribution is 2.38. The first-order valence-electron chi connectivity index (χ1n) is 15.4. The van der Waals surface area contributed by atoms with E-state index in [4.69, 9.17) is 9.47 Å². The van der Waals surface area contributed by atoms with Crippen molar-refractivity contribution >= 4 is 29.5 Å². The number of likely N-dealkylation sites (tertiary alicyclic amines) is 1. The summed E-state index contributed by atoms with van der Waals surface area (Å²) >= 11 is 0. The molecule has 1 unspecified atom stereocenters. The fourth-order valence-corrected chi connectivity index (χ4v) is 5.55. The molecule has 2 N–H and O–H groups in total. The van der Waals surface area contributed by atoms with Gasteiger partial charge in [-0.2, -0.15) is 5.10 Å². The molecule has 242 valence electrons. The molecule has 0 spiro atoms. The third-order valence-electron chi connectivity index (χ3n) is 7.86. The number of fused-ring (bicyclic) bond motifs is 1. The summed E-state index contributed by atoms with van der Waals surface area (Å²) in [7, 11) is 0. The number of nitrogens with one attached hydrogen (secondary N) is 2. The zero-order chi connectivity index (χ0) is 32.8. The van der Waals surface area contributed by atoms with Crippen molar-refractivity contribution in [2.45, 2.75) is 78.2 Å². The van der Waals surface area contributed by atoms with E-state index in [1.165, 1.54) is 18.9 Å². The number of hydrogen-bond donors (Lipinski definition) is 2. The fourth-order valence-electron chi connectivity index (χ4n) is 5.55. The van der Waals surface area contributed by atoms with Gasteiger partial charge in [-0.05, 0) is 59.1 Å². The molecule has 2 atom stereocenters. The lowest BCUT2D eigenvalue weighted by Crippen LogP contribution is -2.63. The first kappa shape index (κ1) is 33.6. The summed E-state index contributed by atoms with van der Waals surface area (Å²) in [4.78, 5) is 55.7. The summed E-state index contributed by atoms with van der Waals surface area (Å²) in [6.45, 7) is 11.1. The average Bonchev–Trinajstić information content (AvgIpc) is 3.26. The number of carbonyl (C=O) groups is 4. The molecule has 1 fully saturated rings. The van der Waals surface area contributed by atoms with Crippen LogP contribution in [-0.4, -0.2) is 82.9 Å². The molecule has 0 bridgehead atoms. The number of hydrazone groups is 1. The molecule has 4 rings (SSSR count). The largest absolute Gasteiger partial charge is 0.444 e. The standard InChI is InChI=1S/C34H45N5O6/c1-7-39-30(42)34(20-24-14-10-8-11-15-24)23-38(19-18-27(34)37-39)28(40)26(22-44-21-25-16-12-9-13-17-25)35-29(41)33(5,6)36-31(43)45-32(2,3)4/h8-17,26H,7,18-23H2,1-6H3,(H,35,41)(H,36,43)/t26-,34?/m1/s1. The van der Waals surface area contributed by atoms with Crippen LogP contribution in [-0.2, 0) is 36.9 Å². The SMILES string of the molecule is CCN1N=C2CCN(C(=O)[C@@H](COCc3ccccc3)NC(=O)C(C)(C)NC(=O)OC(C)(C)C)CC2(Cc2ccccc2)C1=O. The van der Waals surface area contributed by atoms with Crippen LogP contribution < -0.4 is 10.6 Å². The van der Waals surface area contributed by atoms with Crippen molar-refractivity contribution in [3.63, 3.8) is 0 Å². The minimum Gasteiger partial charge on any atom is -0.444 e. The molecule has 2 aliphatic rings. The number of carbonyl (C=O) groups excluding carboxylic acids is 4. The second-order valence-electron chi connectivity index (χ2n) is 13.1. The van der Waals surface area contributed by atoms with E-state index < -0.39 is 34.6 Å². The quantitative estimate of drug-likeness (QED) is 0.395. The van der Waals surface area contributed by atoms with Crippen LogP contribution in [0.1, 0.15) is 59.1 Å². The molecule has 0 aliphatic carbocycles. The van der Waals surface area contributed by atoms with E-state index in [1.54, 1.807) is 25.7 Å². The number of alkyl carbamates (subject to hydrolysis) is 1. The maximum absolute atomic E-state index is 14.2. The van der Waals surface area contributed by atoms with Gasteiger partial charge >= 0.3 is 6.09 Å². The number of ether oxygens (including phenoxy) is 2. The van der Waals surface area contributed by atoms with Crippen LogP contribution in [0.15, 0.2) is 65.8 Å². The molecule has 11 heteroatoms. The van der Waals surface area contributed by atoms with Crippen LogP contribution in [0.5, 0.6) is 0 Å². The van der Waals surface area contributed by atoms with Crippen molar-refractivity contribution in [3.05, 3.63) is 71.8 Å². The molecule has 0 saturated carbocycles. The van der Waals surface area contributed by atoms with Gasteiger partial charge < -0.3 is 25.0 Å². The zero-order valence-corrected chi connectivity index (χ0v) is 27.1. The van der Waals surface area contributed by atoms with Gasteiger partial charge in [0.05, 0.1) is 18.9 Å². The maximum atomic E-state index is 14.2. The number of nitrogens with zero attached hydrogens (tertiary/aromatic N) is 3. The van der Waals surface area contributed by atoms with E-state index in [9.17, 15) is 19.2 Å². The van der Waals surface area contributed by atoms with Gasteiger partial charge in [0.1, 0.15) is 22.6 Å². The summed E-state index contributed by atoms with van der Waals surface area (Å²) in [5.41, 5.74) is -0.499. The van der Waals surface area contributed by atoms with Crippen molar-refractivity contribution in [3.8, 4) is 0 Å². The topological polar surface area (TPSA) is 130 Å². The molecule has 2 heterocycles. The van der Waals surface area contributed by atoms with Crippen molar-refractivity contribution in [1.82, 2.24) is 20.5 Å². The lowest BCUT2D eigenvalue weighted by molar-refractivity contribution is -0.144. The average molecular weight is 620 g/mol. The second-order valence-corrected chi connectivity index (χ2v) is 13.1. The van der Waals surface area contributed by atoms with Crippen molar-refractivity contribution < 1.29 is 28.7 Å². The Hall–Kier alpha value is -4.25. The van der Waals surface area contributed by atoms with E-state index in [0.29, 0.717) is 25.9 Å². The third kappa shape index (κ3) is 8.27. The Morgan fingerprint density at radius 3 is 2.20 bits per heavy atom. The van der Waals surface area contributed by atoms with Gasteiger partial charge in [-0.25, -0.2) is 9.80 Å². The van der Waals surface area contributed by atoms with Crippen LogP contribution in [0.25, 0.3) is 0 Å². The van der Waals surface area contributed by atoms with Crippen LogP contribution in [0.2, 0.25) is 0 Å². The molecule has 0 radical (unpaired) electrons. The molecule has 0 aromatic heterocycles. The smallest absolute Gasteiger partial charge is 0.408 e. The third-order valence-corrected chi connectivity index (χ3v) is 7.86. The van der Waals surface area contributed by atoms with E-state index in [2.05, 4.69) is 15.7 Å². The molecular formula is C34H45N5O6. The molecule has 1 saturated heterocycles. The van der Waals surface area contributed by atoms with Gasteiger partial charge in [0.15, 0.2) is 0 Å². The van der Waals surface area contributed by atoms with E-state index in [1.807, 2.05) is 67.6 Å². The van der Waals surface area contributed by atoms with E-state index >= 15 is 0 Å². The number of hydrogen-bond acceptors (Lipinski definition) is 7. The van der Waals surface area contributed by atoms with Crippen LogP contribution >= 0.6 is 0 Å². The second kappa shape index (κ2) is 13.8. The van der Waals surface area contributed by atoms with E-state index in [0.717, 1.165) is 16.8 Å². The Balaban J connectivity index is 1.56. The minimum atomic E-state index is -1.40. The predicted molar refractivity (Wildman–Crippen MR) is 170 cm³/mol. The van der Waals surface area contributed by atoms with Crippen LogP contribution in [0.3, 0.4) is 0 Å². The lowest BCUT2D eigenvalue weighted by atomic mass is 9.73. The Kier molecular flexibility index (Phi) is 10.3. The maximum Gasteiger partial charge on any atom is 0.408 e. The Labute approximate surface area is 265 Å². The van der Waals surface area contributed by atoms with Crippen LogP contribution in [0, 0.1) is 5.41 Å². The highest BCUT2D eigenvalue weighted by molar-refractivity contribution is 6.14. The fraction of sp³-hybridized carbons (Fsp3) is 0.500. The van der Waals surface area contributed by atoms with Gasteiger partial charge in [0, 0.05) is 26.1 Å². The van der Waals surface area contributed by atoms with Gasteiger partial charge in [0.2, 0.25) is 11.8 Å². The molecular weight excluding hydrogens is 574 g/mol. The first-order chi connectivity index (χ1) is 21.2. The number of piperidine rings is 1.